The largest absolute Gasteiger partial charge is 0.511 e. The lowest BCUT2D eigenvalue weighted by Crippen LogP contribution is -2.31. The van der Waals surface area contributed by atoms with Crippen LogP contribution in [-0.4, -0.2) is 54.4 Å². The van der Waals surface area contributed by atoms with Crippen molar-refractivity contribution in [1.82, 2.24) is 10.3 Å². The number of nitrogen functional groups attached to an aromatic ring is 1. The number of amidine groups is 1. The third kappa shape index (κ3) is 7.42. The van der Waals surface area contributed by atoms with Gasteiger partial charge in [0.15, 0.2) is 0 Å². The number of ether oxygens (including phenoxy) is 4. The molecule has 1 aromatic carbocycles. The molecule has 2 heterocycles. The van der Waals surface area contributed by atoms with Crippen molar-refractivity contribution < 1.29 is 33.3 Å². The first-order chi connectivity index (χ1) is 16.7. The lowest BCUT2D eigenvalue weighted by Gasteiger charge is -2.14. The molecule has 0 aliphatic carbocycles. The number of benzene rings is 1. The molecule has 1 amide bonds. The van der Waals surface area contributed by atoms with Crippen molar-refractivity contribution >= 4 is 23.9 Å². The van der Waals surface area contributed by atoms with E-state index in [1.165, 1.54) is 6.92 Å². The lowest BCUT2D eigenvalue weighted by molar-refractivity contribution is -0.169. The van der Waals surface area contributed by atoms with E-state index in [0.717, 1.165) is 11.3 Å². The van der Waals surface area contributed by atoms with Gasteiger partial charge < -0.3 is 30.0 Å². The molecule has 11 nitrogen and oxygen atoms in total. The van der Waals surface area contributed by atoms with Gasteiger partial charge in [-0.15, -0.1) is 0 Å². The molecule has 4 N–H and O–H groups in total. The van der Waals surface area contributed by atoms with Crippen LogP contribution in [0.15, 0.2) is 42.6 Å². The Morgan fingerprint density at radius 3 is 2.57 bits per heavy atom. The summed E-state index contributed by atoms with van der Waals surface area (Å²) in [5.41, 5.74) is 7.62. The van der Waals surface area contributed by atoms with E-state index in [2.05, 4.69) is 15.0 Å². The number of amides is 1. The summed E-state index contributed by atoms with van der Waals surface area (Å²) >= 11 is 0. The number of aromatic nitrogens is 1. The molecule has 0 bridgehead atoms. The molecule has 0 radical (unpaired) electrons. The molecule has 0 spiro atoms. The van der Waals surface area contributed by atoms with Gasteiger partial charge in [-0.2, -0.15) is 0 Å². The van der Waals surface area contributed by atoms with Gasteiger partial charge in [-0.05, 0) is 49.7 Å². The number of rotatable bonds is 10. The van der Waals surface area contributed by atoms with Crippen molar-refractivity contribution in [2.24, 2.45) is 11.7 Å². The zero-order valence-corrected chi connectivity index (χ0v) is 19.5. The monoisotopic (exact) mass is 484 g/mol. The Balaban J connectivity index is 1.44. The molecule has 1 aromatic heterocycles. The second kappa shape index (κ2) is 11.8. The van der Waals surface area contributed by atoms with Crippen molar-refractivity contribution in [3.8, 4) is 17.0 Å². The van der Waals surface area contributed by atoms with Crippen LogP contribution in [0.3, 0.4) is 0 Å². The number of nitrogens with one attached hydrogen (secondary N) is 2. The summed E-state index contributed by atoms with van der Waals surface area (Å²) in [6.07, 6.45) is -0.228. The number of pyridine rings is 1. The molecule has 1 aliphatic rings. The van der Waals surface area contributed by atoms with E-state index in [9.17, 15) is 14.4 Å². The molecule has 3 atom stereocenters. The Hall–Kier alpha value is -4.15. The topological polar surface area (TPSA) is 163 Å². The van der Waals surface area contributed by atoms with Crippen LogP contribution in [0.4, 0.5) is 4.79 Å². The molecule has 1 saturated heterocycles. The third-order valence-corrected chi connectivity index (χ3v) is 5.20. The van der Waals surface area contributed by atoms with Gasteiger partial charge in [0.2, 0.25) is 12.2 Å². The summed E-state index contributed by atoms with van der Waals surface area (Å²) in [7, 11) is 0. The van der Waals surface area contributed by atoms with Crippen LogP contribution in [0.25, 0.3) is 11.3 Å². The van der Waals surface area contributed by atoms with E-state index < -0.39 is 24.3 Å². The molecule has 186 valence electrons. The summed E-state index contributed by atoms with van der Waals surface area (Å²) in [5.74, 6) is -0.883. The molecule has 1 aliphatic heterocycles. The summed E-state index contributed by atoms with van der Waals surface area (Å²) < 4.78 is 20.2. The standard InChI is InChI=1S/C24H28N4O7/c1-3-32-24(31)35-14(2)34-21(29)11-17-10-18(28-23(17)30)13-33-19-7-4-15(5-8-19)20-9-6-16(12-27-20)22(25)26/h4-9,12,14,17-18H,3,10-11,13H2,1-2H3,(H3,25,26)(H,28,30)/t14?,17-,18-/m0/s1. The first-order valence-electron chi connectivity index (χ1n) is 11.1. The fourth-order valence-corrected chi connectivity index (χ4v) is 3.50. The molecule has 35 heavy (non-hydrogen) atoms. The quantitative estimate of drug-likeness (QED) is 0.199. The minimum atomic E-state index is -1.12. The number of esters is 1. The SMILES string of the molecule is CCOC(=O)OC(C)OC(=O)C[C@@H]1C[C@@H](COc2ccc(-c3ccc(C(=N)N)cn3)cc2)NC1=O. The summed E-state index contributed by atoms with van der Waals surface area (Å²) in [6.45, 7) is 3.40. The van der Waals surface area contributed by atoms with Gasteiger partial charge in [0.25, 0.3) is 0 Å². The Labute approximate surface area is 202 Å². The maximum Gasteiger partial charge on any atom is 0.511 e. The second-order valence-corrected chi connectivity index (χ2v) is 7.88. The van der Waals surface area contributed by atoms with E-state index in [4.69, 9.17) is 25.4 Å². The third-order valence-electron chi connectivity index (χ3n) is 5.20. The van der Waals surface area contributed by atoms with Crippen LogP contribution in [0, 0.1) is 11.3 Å². The van der Waals surface area contributed by atoms with Gasteiger partial charge in [0, 0.05) is 24.2 Å². The smallest absolute Gasteiger partial charge is 0.491 e. The highest BCUT2D eigenvalue weighted by molar-refractivity contribution is 5.94. The van der Waals surface area contributed by atoms with Crippen molar-refractivity contribution in [3.63, 3.8) is 0 Å². The van der Waals surface area contributed by atoms with Gasteiger partial charge in [0.05, 0.1) is 30.7 Å². The van der Waals surface area contributed by atoms with Crippen LogP contribution in [0.1, 0.15) is 32.3 Å². The second-order valence-electron chi connectivity index (χ2n) is 7.88. The van der Waals surface area contributed by atoms with E-state index >= 15 is 0 Å². The Morgan fingerprint density at radius 1 is 1.20 bits per heavy atom. The number of carbonyl (C=O) groups excluding carboxylic acids is 3. The molecule has 1 fully saturated rings. The number of nitrogens with two attached hydrogens (primary N) is 1. The fourth-order valence-electron chi connectivity index (χ4n) is 3.50. The molecule has 1 unspecified atom stereocenters. The number of carbonyl (C=O) groups is 3. The van der Waals surface area contributed by atoms with Crippen molar-refractivity contribution in [3.05, 3.63) is 48.2 Å². The van der Waals surface area contributed by atoms with Crippen molar-refractivity contribution in [2.75, 3.05) is 13.2 Å². The van der Waals surface area contributed by atoms with E-state index in [0.29, 0.717) is 17.7 Å². The molecular formula is C24H28N4O7. The van der Waals surface area contributed by atoms with Crippen LogP contribution < -0.4 is 15.8 Å². The van der Waals surface area contributed by atoms with Crippen LogP contribution in [0.5, 0.6) is 5.75 Å². The average Bonchev–Trinajstić information content (AvgIpc) is 3.16. The van der Waals surface area contributed by atoms with Crippen molar-refractivity contribution in [1.29, 1.82) is 5.41 Å². The van der Waals surface area contributed by atoms with Gasteiger partial charge in [0.1, 0.15) is 18.2 Å². The van der Waals surface area contributed by atoms with Gasteiger partial charge in [-0.3, -0.25) is 20.0 Å². The van der Waals surface area contributed by atoms with Gasteiger partial charge in [-0.25, -0.2) is 4.79 Å². The van der Waals surface area contributed by atoms with E-state index in [1.807, 2.05) is 12.1 Å². The highest BCUT2D eigenvalue weighted by Crippen LogP contribution is 2.23. The minimum Gasteiger partial charge on any atom is -0.491 e. The maximum absolute atomic E-state index is 12.2. The Kier molecular flexibility index (Phi) is 8.60. The normalized spacial score (nSPS) is 17.7. The predicted octanol–water partition coefficient (Wildman–Crippen LogP) is 2.37. The lowest BCUT2D eigenvalue weighted by atomic mass is 10.0. The molecular weight excluding hydrogens is 456 g/mol. The zero-order chi connectivity index (χ0) is 25.4. The molecule has 11 heteroatoms. The summed E-state index contributed by atoms with van der Waals surface area (Å²) in [4.78, 5) is 39.9. The highest BCUT2D eigenvalue weighted by atomic mass is 16.8. The highest BCUT2D eigenvalue weighted by Gasteiger charge is 2.34. The van der Waals surface area contributed by atoms with Gasteiger partial charge in [-0.1, -0.05) is 0 Å². The zero-order valence-electron chi connectivity index (χ0n) is 19.5. The van der Waals surface area contributed by atoms with Gasteiger partial charge >= 0.3 is 12.1 Å². The minimum absolute atomic E-state index is 0.0384. The fraction of sp³-hybridized carbons (Fsp3) is 0.375. The van der Waals surface area contributed by atoms with Crippen LogP contribution >= 0.6 is 0 Å². The van der Waals surface area contributed by atoms with E-state index in [-0.39, 0.29) is 37.4 Å². The Bertz CT molecular complexity index is 1060. The first kappa shape index (κ1) is 25.5. The predicted molar refractivity (Wildman–Crippen MR) is 124 cm³/mol. The summed E-state index contributed by atoms with van der Waals surface area (Å²) in [6, 6.07) is 10.6. The Morgan fingerprint density at radius 2 is 1.94 bits per heavy atom. The first-order valence-corrected chi connectivity index (χ1v) is 11.1. The molecule has 0 saturated carbocycles. The van der Waals surface area contributed by atoms with Crippen molar-refractivity contribution in [2.45, 2.75) is 39.0 Å². The number of nitrogens with zero attached hydrogens (tertiary/aromatic N) is 1. The molecule has 2 aromatic rings. The number of hydrogen-bond acceptors (Lipinski definition) is 9. The maximum atomic E-state index is 12.2. The molecule has 3 rings (SSSR count). The number of hydrogen-bond donors (Lipinski definition) is 3. The van der Waals surface area contributed by atoms with E-state index in [1.54, 1.807) is 37.4 Å². The van der Waals surface area contributed by atoms with Crippen LogP contribution in [-0.2, 0) is 23.8 Å². The summed E-state index contributed by atoms with van der Waals surface area (Å²) in [5, 5.41) is 10.2. The van der Waals surface area contributed by atoms with Crippen LogP contribution in [0.2, 0.25) is 0 Å². The average molecular weight is 485 g/mol.